The number of hydrogen-bond acceptors (Lipinski definition) is 5. The summed E-state index contributed by atoms with van der Waals surface area (Å²) >= 11 is 22.5. The van der Waals surface area contributed by atoms with Crippen molar-refractivity contribution in [1.82, 2.24) is 4.98 Å². The van der Waals surface area contributed by atoms with E-state index in [0.29, 0.717) is 5.69 Å². The van der Waals surface area contributed by atoms with Crippen LogP contribution in [-0.2, 0) is 16.0 Å². The molecule has 10 heteroatoms. The number of carbonyl (C=O) groups excluding carboxylic acids is 2. The third-order valence-electron chi connectivity index (χ3n) is 1.45. The Bertz CT molecular complexity index is 446. The van der Waals surface area contributed by atoms with Crippen molar-refractivity contribution in [3.8, 4) is 0 Å². The van der Waals surface area contributed by atoms with Gasteiger partial charge in [0.05, 0.1) is 12.1 Å². The largest absolute Gasteiger partial charge is 0.445 e. The van der Waals surface area contributed by atoms with Crippen LogP contribution in [0.5, 0.6) is 0 Å². The van der Waals surface area contributed by atoms with E-state index in [2.05, 4.69) is 15.0 Å². The van der Waals surface area contributed by atoms with Crippen LogP contribution in [0.15, 0.2) is 5.38 Å². The van der Waals surface area contributed by atoms with Crippen LogP contribution in [0.4, 0.5) is 9.93 Å². The zero-order valence-corrected chi connectivity index (χ0v) is 12.4. The number of anilines is 1. The van der Waals surface area contributed by atoms with Gasteiger partial charge < -0.3 is 4.74 Å². The Morgan fingerprint density at radius 1 is 1.44 bits per heavy atom. The molecule has 1 heterocycles. The number of rotatable bonds is 4. The average Bonchev–Trinajstić information content (AvgIpc) is 2.60. The predicted octanol–water partition coefficient (Wildman–Crippen LogP) is 3.37. The SMILES string of the molecule is O=C(Cl)Cc1csc(NC(=O)OCC(Cl)(Cl)Cl)n1. The lowest BCUT2D eigenvalue weighted by atomic mass is 10.4. The maximum absolute atomic E-state index is 11.3. The molecular formula is C8H6Cl4N2O3S. The number of aromatic nitrogens is 1. The molecule has 0 aliphatic heterocycles. The highest BCUT2D eigenvalue weighted by Gasteiger charge is 2.22. The van der Waals surface area contributed by atoms with Gasteiger partial charge in [0.25, 0.3) is 0 Å². The van der Waals surface area contributed by atoms with E-state index in [9.17, 15) is 9.59 Å². The van der Waals surface area contributed by atoms with Gasteiger partial charge in [0.2, 0.25) is 9.03 Å². The third kappa shape index (κ3) is 6.61. The molecule has 1 aromatic heterocycles. The van der Waals surface area contributed by atoms with E-state index in [1.807, 2.05) is 0 Å². The van der Waals surface area contributed by atoms with Crippen LogP contribution in [0.3, 0.4) is 0 Å². The summed E-state index contributed by atoms with van der Waals surface area (Å²) in [7, 11) is 0. The topological polar surface area (TPSA) is 68.3 Å². The highest BCUT2D eigenvalue weighted by molar-refractivity contribution is 7.13. The van der Waals surface area contributed by atoms with Crippen LogP contribution in [0.1, 0.15) is 5.69 Å². The standard InChI is InChI=1S/C8H6Cl4N2O3S/c9-5(15)1-4-2-18-6(13-4)14-7(16)17-3-8(10,11)12/h2H,1,3H2,(H,13,14,16). The minimum absolute atomic E-state index is 0.0110. The van der Waals surface area contributed by atoms with Crippen molar-refractivity contribution in [2.75, 3.05) is 11.9 Å². The van der Waals surface area contributed by atoms with Gasteiger partial charge in [0, 0.05) is 5.38 Å². The van der Waals surface area contributed by atoms with Crippen molar-refractivity contribution in [3.63, 3.8) is 0 Å². The minimum atomic E-state index is -1.67. The molecule has 0 saturated heterocycles. The normalized spacial score (nSPS) is 11.1. The second-order valence-electron chi connectivity index (χ2n) is 2.99. The van der Waals surface area contributed by atoms with E-state index in [0.717, 1.165) is 11.3 Å². The van der Waals surface area contributed by atoms with Gasteiger partial charge in [-0.3, -0.25) is 10.1 Å². The fourth-order valence-electron chi connectivity index (χ4n) is 0.859. The molecule has 0 fully saturated rings. The van der Waals surface area contributed by atoms with E-state index in [1.54, 1.807) is 5.38 Å². The summed E-state index contributed by atoms with van der Waals surface area (Å²) < 4.78 is 2.96. The Morgan fingerprint density at radius 2 is 2.11 bits per heavy atom. The van der Waals surface area contributed by atoms with Crippen LogP contribution in [-0.4, -0.2) is 26.7 Å². The van der Waals surface area contributed by atoms with Gasteiger partial charge in [0.1, 0.15) is 6.61 Å². The van der Waals surface area contributed by atoms with Crippen molar-refractivity contribution in [2.24, 2.45) is 0 Å². The summed E-state index contributed by atoms with van der Waals surface area (Å²) in [5, 5.41) is 3.64. The lowest BCUT2D eigenvalue weighted by Crippen LogP contribution is -2.21. The van der Waals surface area contributed by atoms with Crippen molar-refractivity contribution >= 4 is 74.2 Å². The molecule has 5 nitrogen and oxygen atoms in total. The number of alkyl halides is 3. The number of carbonyl (C=O) groups is 2. The molecule has 0 atom stereocenters. The number of nitrogens with zero attached hydrogens (tertiary/aromatic N) is 1. The first-order chi connectivity index (χ1) is 8.26. The number of ether oxygens (including phenoxy) is 1. The first-order valence-corrected chi connectivity index (χ1v) is 6.78. The molecule has 1 N–H and O–H groups in total. The Morgan fingerprint density at radius 3 is 2.67 bits per heavy atom. The van der Waals surface area contributed by atoms with Crippen LogP contribution < -0.4 is 5.32 Å². The van der Waals surface area contributed by atoms with Crippen molar-refractivity contribution < 1.29 is 14.3 Å². The Labute approximate surface area is 126 Å². The van der Waals surface area contributed by atoms with Gasteiger partial charge in [-0.15, -0.1) is 11.3 Å². The summed E-state index contributed by atoms with van der Waals surface area (Å²) in [5.74, 6) is 0. The van der Waals surface area contributed by atoms with E-state index >= 15 is 0 Å². The molecule has 1 aromatic rings. The van der Waals surface area contributed by atoms with Crippen molar-refractivity contribution in [2.45, 2.75) is 10.2 Å². The van der Waals surface area contributed by atoms with Crippen LogP contribution in [0.25, 0.3) is 0 Å². The quantitative estimate of drug-likeness (QED) is 0.667. The molecule has 100 valence electrons. The smallest absolute Gasteiger partial charge is 0.413 e. The number of amides is 1. The first kappa shape index (κ1) is 15.8. The van der Waals surface area contributed by atoms with E-state index in [-0.39, 0.29) is 18.2 Å². The number of halogens is 4. The second kappa shape index (κ2) is 6.77. The lowest BCUT2D eigenvalue weighted by Gasteiger charge is -2.10. The molecule has 1 rings (SSSR count). The molecule has 18 heavy (non-hydrogen) atoms. The number of nitrogens with one attached hydrogen (secondary N) is 1. The van der Waals surface area contributed by atoms with Crippen LogP contribution in [0.2, 0.25) is 0 Å². The fraction of sp³-hybridized carbons (Fsp3) is 0.375. The van der Waals surface area contributed by atoms with Gasteiger partial charge in [-0.25, -0.2) is 9.78 Å². The molecule has 0 aliphatic rings. The highest BCUT2D eigenvalue weighted by atomic mass is 35.6. The fourth-order valence-corrected chi connectivity index (χ4v) is 1.86. The summed E-state index contributed by atoms with van der Waals surface area (Å²) in [4.78, 5) is 25.8. The monoisotopic (exact) mass is 350 g/mol. The van der Waals surface area contributed by atoms with Crippen molar-refractivity contribution in [1.29, 1.82) is 0 Å². The Balaban J connectivity index is 2.45. The van der Waals surface area contributed by atoms with Gasteiger partial charge >= 0.3 is 6.09 Å². The number of thiazole rings is 1. The zero-order valence-electron chi connectivity index (χ0n) is 8.58. The van der Waals surface area contributed by atoms with Crippen molar-refractivity contribution in [3.05, 3.63) is 11.1 Å². The van der Waals surface area contributed by atoms with E-state index in [4.69, 9.17) is 46.4 Å². The van der Waals surface area contributed by atoms with E-state index < -0.39 is 15.1 Å². The third-order valence-corrected chi connectivity index (χ3v) is 2.72. The Kier molecular flexibility index (Phi) is 5.94. The summed E-state index contributed by atoms with van der Waals surface area (Å²) in [5.41, 5.74) is 0.455. The molecule has 0 aliphatic carbocycles. The average molecular weight is 352 g/mol. The molecule has 0 aromatic carbocycles. The van der Waals surface area contributed by atoms with E-state index in [1.165, 1.54) is 0 Å². The molecule has 0 bridgehead atoms. The molecule has 1 amide bonds. The Hall–Kier alpha value is -0.270. The van der Waals surface area contributed by atoms with Crippen LogP contribution >= 0.6 is 57.7 Å². The molecule has 0 unspecified atom stereocenters. The zero-order chi connectivity index (χ0) is 13.8. The van der Waals surface area contributed by atoms with Gasteiger partial charge in [-0.05, 0) is 11.6 Å². The molecular weight excluding hydrogens is 346 g/mol. The summed E-state index contributed by atoms with van der Waals surface area (Å²) in [6.45, 7) is -0.387. The summed E-state index contributed by atoms with van der Waals surface area (Å²) in [6, 6.07) is 0. The lowest BCUT2D eigenvalue weighted by molar-refractivity contribution is -0.111. The molecule has 0 saturated carbocycles. The van der Waals surface area contributed by atoms with Gasteiger partial charge in [-0.2, -0.15) is 0 Å². The highest BCUT2D eigenvalue weighted by Crippen LogP contribution is 2.26. The predicted molar refractivity (Wildman–Crippen MR) is 71.9 cm³/mol. The first-order valence-electron chi connectivity index (χ1n) is 4.39. The second-order valence-corrected chi connectivity index (χ2v) is 6.79. The van der Waals surface area contributed by atoms with Crippen LogP contribution in [0, 0.1) is 0 Å². The van der Waals surface area contributed by atoms with Gasteiger partial charge in [-0.1, -0.05) is 34.8 Å². The van der Waals surface area contributed by atoms with Gasteiger partial charge in [0.15, 0.2) is 5.13 Å². The minimum Gasteiger partial charge on any atom is -0.445 e. The maximum atomic E-state index is 11.3. The number of hydrogen-bond donors (Lipinski definition) is 1. The maximum Gasteiger partial charge on any atom is 0.413 e. The summed E-state index contributed by atoms with van der Waals surface area (Å²) in [6.07, 6.45) is -0.817. The molecule has 0 radical (unpaired) electrons. The molecule has 0 spiro atoms.